The predicted molar refractivity (Wildman–Crippen MR) is 119 cm³/mol. The standard InChI is InChI=1S/C25H28FN3O2/c26-21-8-6-18(7-9-21)20-2-1-3-22(16-20)29-23(10-13-27-29)17-25(31)11-14-28(15-12-25)24(30)19-4-5-19/h1-3,6-9,13,16,19,23,31H,4-5,10-12,14-15,17H2. The van der Waals surface area contributed by atoms with E-state index >= 15 is 0 Å². The van der Waals surface area contributed by atoms with E-state index in [0.29, 0.717) is 32.4 Å². The molecule has 1 saturated heterocycles. The fourth-order valence-electron chi connectivity index (χ4n) is 4.74. The maximum absolute atomic E-state index is 13.3. The van der Waals surface area contributed by atoms with E-state index in [2.05, 4.69) is 11.2 Å². The van der Waals surface area contributed by atoms with Gasteiger partial charge in [-0.25, -0.2) is 4.39 Å². The van der Waals surface area contributed by atoms with Gasteiger partial charge >= 0.3 is 0 Å². The Morgan fingerprint density at radius 3 is 2.55 bits per heavy atom. The Morgan fingerprint density at radius 1 is 1.10 bits per heavy atom. The van der Waals surface area contributed by atoms with Crippen molar-refractivity contribution in [1.29, 1.82) is 0 Å². The summed E-state index contributed by atoms with van der Waals surface area (Å²) < 4.78 is 13.3. The second-order valence-corrected chi connectivity index (χ2v) is 9.12. The Bertz CT molecular complexity index is 979. The first-order valence-corrected chi connectivity index (χ1v) is 11.2. The number of hydrazone groups is 1. The van der Waals surface area contributed by atoms with Crippen LogP contribution in [0.3, 0.4) is 0 Å². The molecule has 0 bridgehead atoms. The zero-order valence-electron chi connectivity index (χ0n) is 17.6. The van der Waals surface area contributed by atoms with Gasteiger partial charge in [-0.2, -0.15) is 5.10 Å². The van der Waals surface area contributed by atoms with Crippen LogP contribution in [0.4, 0.5) is 10.1 Å². The third kappa shape index (κ3) is 4.35. The smallest absolute Gasteiger partial charge is 0.225 e. The maximum Gasteiger partial charge on any atom is 0.225 e. The second kappa shape index (κ2) is 8.08. The van der Waals surface area contributed by atoms with Crippen molar-refractivity contribution in [3.63, 3.8) is 0 Å². The molecule has 1 amide bonds. The first-order valence-electron chi connectivity index (χ1n) is 11.2. The normalized spacial score (nSPS) is 22.7. The average molecular weight is 422 g/mol. The van der Waals surface area contributed by atoms with Crippen molar-refractivity contribution in [1.82, 2.24) is 4.90 Å². The van der Waals surface area contributed by atoms with Crippen molar-refractivity contribution in [2.45, 2.75) is 50.2 Å². The highest BCUT2D eigenvalue weighted by molar-refractivity contribution is 5.81. The summed E-state index contributed by atoms with van der Waals surface area (Å²) in [5, 5.41) is 17.8. The summed E-state index contributed by atoms with van der Waals surface area (Å²) in [5.41, 5.74) is 2.15. The van der Waals surface area contributed by atoms with Crippen LogP contribution in [0.25, 0.3) is 11.1 Å². The first-order chi connectivity index (χ1) is 15.0. The lowest BCUT2D eigenvalue weighted by Crippen LogP contribution is -2.49. The van der Waals surface area contributed by atoms with E-state index in [0.717, 1.165) is 36.1 Å². The molecule has 2 fully saturated rings. The summed E-state index contributed by atoms with van der Waals surface area (Å²) in [7, 11) is 0. The van der Waals surface area contributed by atoms with Crippen LogP contribution in [-0.4, -0.2) is 46.9 Å². The fraction of sp³-hybridized carbons (Fsp3) is 0.440. The number of benzene rings is 2. The zero-order chi connectivity index (χ0) is 21.4. The van der Waals surface area contributed by atoms with Crippen LogP contribution in [0.1, 0.15) is 38.5 Å². The summed E-state index contributed by atoms with van der Waals surface area (Å²) >= 11 is 0. The molecular weight excluding hydrogens is 393 g/mol. The number of likely N-dealkylation sites (tertiary alicyclic amines) is 1. The van der Waals surface area contributed by atoms with Crippen molar-refractivity contribution in [2.24, 2.45) is 11.0 Å². The van der Waals surface area contributed by atoms with Gasteiger partial charge in [0.25, 0.3) is 0 Å². The van der Waals surface area contributed by atoms with Crippen LogP contribution < -0.4 is 5.01 Å². The maximum atomic E-state index is 13.3. The molecule has 2 heterocycles. The highest BCUT2D eigenvalue weighted by atomic mass is 19.1. The molecular formula is C25H28FN3O2. The van der Waals surface area contributed by atoms with E-state index in [-0.39, 0.29) is 23.7 Å². The monoisotopic (exact) mass is 421 g/mol. The van der Waals surface area contributed by atoms with Gasteiger partial charge in [0.2, 0.25) is 5.91 Å². The van der Waals surface area contributed by atoms with E-state index in [1.165, 1.54) is 12.1 Å². The lowest BCUT2D eigenvalue weighted by Gasteiger charge is -2.40. The Kier molecular flexibility index (Phi) is 5.26. The number of anilines is 1. The Hall–Kier alpha value is -2.73. The summed E-state index contributed by atoms with van der Waals surface area (Å²) in [4.78, 5) is 14.2. The minimum Gasteiger partial charge on any atom is -0.390 e. The van der Waals surface area contributed by atoms with Crippen LogP contribution in [0.5, 0.6) is 0 Å². The van der Waals surface area contributed by atoms with Gasteiger partial charge in [0.1, 0.15) is 5.82 Å². The largest absolute Gasteiger partial charge is 0.390 e. The highest BCUT2D eigenvalue weighted by Gasteiger charge is 2.41. The molecule has 1 saturated carbocycles. The number of piperidine rings is 1. The number of rotatable bonds is 5. The minimum absolute atomic E-state index is 0.0825. The van der Waals surface area contributed by atoms with Gasteiger partial charge in [0.15, 0.2) is 0 Å². The van der Waals surface area contributed by atoms with E-state index in [9.17, 15) is 14.3 Å². The summed E-state index contributed by atoms with van der Waals surface area (Å²) in [6.07, 6.45) is 6.59. The summed E-state index contributed by atoms with van der Waals surface area (Å²) in [6.45, 7) is 1.28. The second-order valence-electron chi connectivity index (χ2n) is 9.12. The van der Waals surface area contributed by atoms with Crippen molar-refractivity contribution in [2.75, 3.05) is 18.1 Å². The molecule has 1 aliphatic carbocycles. The van der Waals surface area contributed by atoms with E-state index in [1.54, 1.807) is 12.1 Å². The van der Waals surface area contributed by atoms with Crippen LogP contribution in [0, 0.1) is 11.7 Å². The lowest BCUT2D eigenvalue weighted by molar-refractivity contribution is -0.137. The number of aliphatic hydroxyl groups is 1. The van der Waals surface area contributed by atoms with E-state index in [1.807, 2.05) is 34.3 Å². The number of hydrogen-bond acceptors (Lipinski definition) is 4. The average Bonchev–Trinajstić information content (AvgIpc) is 3.54. The number of carbonyl (C=O) groups is 1. The minimum atomic E-state index is -0.772. The van der Waals surface area contributed by atoms with Gasteiger partial charge < -0.3 is 10.0 Å². The highest BCUT2D eigenvalue weighted by Crippen LogP contribution is 2.37. The van der Waals surface area contributed by atoms with Crippen molar-refractivity contribution in [3.8, 4) is 11.1 Å². The quantitative estimate of drug-likeness (QED) is 0.787. The number of nitrogens with zero attached hydrogens (tertiary/aromatic N) is 3. The molecule has 0 aromatic heterocycles. The Balaban J connectivity index is 1.27. The molecule has 1 unspecified atom stereocenters. The number of halogens is 1. The van der Waals surface area contributed by atoms with Crippen molar-refractivity contribution >= 4 is 17.8 Å². The van der Waals surface area contributed by atoms with Crippen LogP contribution in [0.15, 0.2) is 53.6 Å². The van der Waals surface area contributed by atoms with Crippen molar-refractivity contribution < 1.29 is 14.3 Å². The van der Waals surface area contributed by atoms with Crippen LogP contribution in [0.2, 0.25) is 0 Å². The molecule has 3 aliphatic rings. The molecule has 2 aromatic rings. The van der Waals surface area contributed by atoms with Crippen LogP contribution >= 0.6 is 0 Å². The summed E-state index contributed by atoms with van der Waals surface area (Å²) in [5.74, 6) is 0.256. The fourth-order valence-corrected chi connectivity index (χ4v) is 4.74. The topological polar surface area (TPSA) is 56.1 Å². The molecule has 2 aliphatic heterocycles. The van der Waals surface area contributed by atoms with Crippen LogP contribution in [-0.2, 0) is 4.79 Å². The number of hydrogen-bond donors (Lipinski definition) is 1. The summed E-state index contributed by atoms with van der Waals surface area (Å²) in [6, 6.07) is 14.6. The third-order valence-electron chi connectivity index (χ3n) is 6.77. The third-order valence-corrected chi connectivity index (χ3v) is 6.77. The molecule has 31 heavy (non-hydrogen) atoms. The Morgan fingerprint density at radius 2 is 1.84 bits per heavy atom. The molecule has 6 heteroatoms. The lowest BCUT2D eigenvalue weighted by atomic mass is 9.84. The van der Waals surface area contributed by atoms with Gasteiger partial charge in [-0.05, 0) is 67.5 Å². The van der Waals surface area contributed by atoms with Gasteiger partial charge in [0.05, 0.1) is 17.3 Å². The van der Waals surface area contributed by atoms with E-state index < -0.39 is 5.60 Å². The molecule has 1 atom stereocenters. The zero-order valence-corrected chi connectivity index (χ0v) is 17.6. The first kappa shape index (κ1) is 20.2. The molecule has 1 N–H and O–H groups in total. The van der Waals surface area contributed by atoms with Gasteiger partial charge in [-0.15, -0.1) is 0 Å². The van der Waals surface area contributed by atoms with Crippen molar-refractivity contribution in [3.05, 3.63) is 54.3 Å². The predicted octanol–water partition coefficient (Wildman–Crippen LogP) is 4.21. The Labute approximate surface area is 182 Å². The molecule has 0 radical (unpaired) electrons. The molecule has 5 rings (SSSR count). The SMILES string of the molecule is O=C(C1CC1)N1CCC(O)(CC2CC=NN2c2cccc(-c3ccc(F)cc3)c2)CC1. The molecule has 162 valence electrons. The number of amides is 1. The molecule has 5 nitrogen and oxygen atoms in total. The van der Waals surface area contributed by atoms with Gasteiger partial charge in [-0.1, -0.05) is 24.3 Å². The molecule has 0 spiro atoms. The van der Waals surface area contributed by atoms with Gasteiger partial charge in [0, 0.05) is 31.6 Å². The van der Waals surface area contributed by atoms with Gasteiger partial charge in [-0.3, -0.25) is 9.80 Å². The molecule has 2 aromatic carbocycles. The number of carbonyl (C=O) groups excluding carboxylic acids is 1. The van der Waals surface area contributed by atoms with E-state index in [4.69, 9.17) is 0 Å².